The van der Waals surface area contributed by atoms with Crippen LogP contribution in [0.2, 0.25) is 0 Å². The summed E-state index contributed by atoms with van der Waals surface area (Å²) in [7, 11) is 1.71. The molecule has 0 N–H and O–H groups in total. The summed E-state index contributed by atoms with van der Waals surface area (Å²) >= 11 is 6.18. The molecule has 0 amide bonds. The van der Waals surface area contributed by atoms with Crippen molar-refractivity contribution < 1.29 is 4.74 Å². The van der Waals surface area contributed by atoms with Gasteiger partial charge in [-0.1, -0.05) is 36.7 Å². The number of methoxy groups -OCH3 is 1. The number of halogens is 1. The summed E-state index contributed by atoms with van der Waals surface area (Å²) < 4.78 is 5.51. The summed E-state index contributed by atoms with van der Waals surface area (Å²) in [6, 6.07) is 6.33. The Bertz CT molecular complexity index is 925. The first kappa shape index (κ1) is 18.2. The SMILES string of the molecule is COc1ccc2c(c1)C(C1(C)C=CC(Cl)=CC1)=NCC1=NN=C(C)C1CC2. The highest BCUT2D eigenvalue weighted by Gasteiger charge is 2.33. The van der Waals surface area contributed by atoms with E-state index < -0.39 is 0 Å². The van der Waals surface area contributed by atoms with Gasteiger partial charge in [0.2, 0.25) is 0 Å². The van der Waals surface area contributed by atoms with Crippen molar-refractivity contribution in [3.8, 4) is 5.75 Å². The number of aliphatic imine (C=N–C) groups is 1. The van der Waals surface area contributed by atoms with Crippen molar-refractivity contribution in [3.05, 3.63) is 52.6 Å². The van der Waals surface area contributed by atoms with Gasteiger partial charge in [-0.25, -0.2) is 0 Å². The molecular weight excluding hydrogens is 358 g/mol. The van der Waals surface area contributed by atoms with E-state index >= 15 is 0 Å². The van der Waals surface area contributed by atoms with Crippen molar-refractivity contribution in [1.29, 1.82) is 0 Å². The van der Waals surface area contributed by atoms with Gasteiger partial charge in [-0.2, -0.15) is 10.2 Å². The fraction of sp³-hybridized carbons (Fsp3) is 0.409. The smallest absolute Gasteiger partial charge is 0.119 e. The van der Waals surface area contributed by atoms with E-state index in [4.69, 9.17) is 21.3 Å². The molecule has 1 aliphatic carbocycles. The third-order valence-electron chi connectivity index (χ3n) is 5.79. The maximum absolute atomic E-state index is 6.18. The summed E-state index contributed by atoms with van der Waals surface area (Å²) in [4.78, 5) is 5.09. The molecule has 1 aromatic carbocycles. The molecule has 2 atom stereocenters. The van der Waals surface area contributed by atoms with E-state index in [-0.39, 0.29) is 5.41 Å². The Morgan fingerprint density at radius 2 is 2.11 bits per heavy atom. The molecule has 2 heterocycles. The molecule has 3 aliphatic rings. The molecule has 27 heavy (non-hydrogen) atoms. The van der Waals surface area contributed by atoms with Gasteiger partial charge in [-0.3, -0.25) is 4.99 Å². The number of fused-ring (bicyclic) bond motifs is 2. The topological polar surface area (TPSA) is 46.3 Å². The maximum Gasteiger partial charge on any atom is 0.119 e. The summed E-state index contributed by atoms with van der Waals surface area (Å²) in [6.45, 7) is 4.87. The quantitative estimate of drug-likeness (QED) is 0.713. The summed E-state index contributed by atoms with van der Waals surface area (Å²) in [5, 5.41) is 9.52. The van der Waals surface area contributed by atoms with Gasteiger partial charge in [-0.15, -0.1) is 0 Å². The number of nitrogens with zero attached hydrogens (tertiary/aromatic N) is 3. The summed E-state index contributed by atoms with van der Waals surface area (Å²) in [6.07, 6.45) is 9.01. The lowest BCUT2D eigenvalue weighted by molar-refractivity contribution is 0.414. The van der Waals surface area contributed by atoms with Gasteiger partial charge in [0.15, 0.2) is 0 Å². The van der Waals surface area contributed by atoms with Gasteiger partial charge < -0.3 is 4.74 Å². The Kier molecular flexibility index (Phi) is 4.77. The monoisotopic (exact) mass is 381 g/mol. The van der Waals surface area contributed by atoms with Crippen LogP contribution < -0.4 is 4.74 Å². The fourth-order valence-electron chi connectivity index (χ4n) is 4.08. The number of rotatable bonds is 2. The second-order valence-electron chi connectivity index (χ2n) is 7.66. The van der Waals surface area contributed by atoms with Crippen LogP contribution in [0.25, 0.3) is 0 Å². The molecule has 0 fully saturated rings. The van der Waals surface area contributed by atoms with Gasteiger partial charge in [0.1, 0.15) is 5.75 Å². The second-order valence-corrected chi connectivity index (χ2v) is 8.09. The molecule has 4 nitrogen and oxygen atoms in total. The van der Waals surface area contributed by atoms with Gasteiger partial charge in [0, 0.05) is 27.6 Å². The number of ether oxygens (including phenoxy) is 1. The van der Waals surface area contributed by atoms with Crippen molar-refractivity contribution in [2.75, 3.05) is 13.7 Å². The van der Waals surface area contributed by atoms with Crippen LogP contribution in [0.5, 0.6) is 5.75 Å². The molecule has 0 saturated carbocycles. The van der Waals surface area contributed by atoms with Gasteiger partial charge in [-0.05, 0) is 50.0 Å². The van der Waals surface area contributed by atoms with Gasteiger partial charge >= 0.3 is 0 Å². The van der Waals surface area contributed by atoms with Crippen LogP contribution in [-0.2, 0) is 6.42 Å². The molecule has 140 valence electrons. The first-order valence-electron chi connectivity index (χ1n) is 9.38. The minimum absolute atomic E-state index is 0.214. The molecule has 0 saturated heterocycles. The molecule has 0 radical (unpaired) electrons. The van der Waals surface area contributed by atoms with E-state index in [1.165, 1.54) is 11.1 Å². The normalized spacial score (nSPS) is 27.2. The van der Waals surface area contributed by atoms with Crippen LogP contribution in [-0.4, -0.2) is 30.8 Å². The molecule has 0 spiro atoms. The number of benzene rings is 1. The van der Waals surface area contributed by atoms with Crippen molar-refractivity contribution in [2.24, 2.45) is 26.5 Å². The molecule has 2 aliphatic heterocycles. The minimum atomic E-state index is -0.214. The summed E-state index contributed by atoms with van der Waals surface area (Å²) in [5.74, 6) is 1.15. The van der Waals surface area contributed by atoms with Crippen LogP contribution >= 0.6 is 11.6 Å². The molecular formula is C22H24ClN3O. The molecule has 0 bridgehead atoms. The van der Waals surface area contributed by atoms with Crippen molar-refractivity contribution in [1.82, 2.24) is 0 Å². The largest absolute Gasteiger partial charge is 0.497 e. The van der Waals surface area contributed by atoms with Gasteiger partial charge in [0.05, 0.1) is 25.1 Å². The molecule has 1 aromatic rings. The number of aryl methyl sites for hydroxylation is 1. The highest BCUT2D eigenvalue weighted by molar-refractivity contribution is 6.31. The van der Waals surface area contributed by atoms with Crippen LogP contribution in [0.15, 0.2) is 56.7 Å². The predicted octanol–water partition coefficient (Wildman–Crippen LogP) is 4.97. The highest BCUT2D eigenvalue weighted by Crippen LogP contribution is 2.37. The van der Waals surface area contributed by atoms with E-state index in [0.29, 0.717) is 12.5 Å². The zero-order valence-corrected chi connectivity index (χ0v) is 16.8. The average Bonchev–Trinajstić information content (AvgIpc) is 3.05. The van der Waals surface area contributed by atoms with E-state index in [0.717, 1.165) is 47.2 Å². The van der Waals surface area contributed by atoms with Crippen molar-refractivity contribution >= 4 is 28.7 Å². The number of allylic oxidation sites excluding steroid dienone is 4. The third-order valence-corrected chi connectivity index (χ3v) is 6.07. The zero-order valence-electron chi connectivity index (χ0n) is 16.0. The number of hydrogen-bond donors (Lipinski definition) is 0. The first-order chi connectivity index (χ1) is 13.0. The third kappa shape index (κ3) is 3.39. The minimum Gasteiger partial charge on any atom is -0.497 e. The Hall–Kier alpha value is -2.20. The Morgan fingerprint density at radius 1 is 1.26 bits per heavy atom. The van der Waals surface area contributed by atoms with E-state index in [9.17, 15) is 0 Å². The lowest BCUT2D eigenvalue weighted by Crippen LogP contribution is -2.29. The van der Waals surface area contributed by atoms with Crippen LogP contribution in [0.1, 0.15) is 37.8 Å². The molecule has 5 heteroatoms. The first-order valence-corrected chi connectivity index (χ1v) is 9.76. The second kappa shape index (κ2) is 7.08. The van der Waals surface area contributed by atoms with Crippen molar-refractivity contribution in [2.45, 2.75) is 33.1 Å². The van der Waals surface area contributed by atoms with Crippen LogP contribution in [0.3, 0.4) is 0 Å². The Balaban J connectivity index is 1.83. The molecule has 4 rings (SSSR count). The average molecular weight is 382 g/mol. The fourth-order valence-corrected chi connectivity index (χ4v) is 4.22. The number of hydrogen-bond acceptors (Lipinski definition) is 4. The van der Waals surface area contributed by atoms with Crippen molar-refractivity contribution in [3.63, 3.8) is 0 Å². The maximum atomic E-state index is 6.18. The van der Waals surface area contributed by atoms with E-state index in [2.05, 4.69) is 48.3 Å². The van der Waals surface area contributed by atoms with E-state index in [1.807, 2.05) is 12.1 Å². The summed E-state index contributed by atoms with van der Waals surface area (Å²) in [5.41, 5.74) is 5.49. The highest BCUT2D eigenvalue weighted by atomic mass is 35.5. The van der Waals surface area contributed by atoms with Crippen LogP contribution in [0.4, 0.5) is 0 Å². The van der Waals surface area contributed by atoms with E-state index in [1.54, 1.807) is 7.11 Å². The Labute approximate surface area is 165 Å². The predicted molar refractivity (Wildman–Crippen MR) is 113 cm³/mol. The van der Waals surface area contributed by atoms with Crippen LogP contribution in [0, 0.1) is 11.3 Å². The molecule has 2 unspecified atom stereocenters. The lowest BCUT2D eigenvalue weighted by atomic mass is 9.75. The zero-order chi connectivity index (χ0) is 19.0. The Morgan fingerprint density at radius 3 is 2.85 bits per heavy atom. The van der Waals surface area contributed by atoms with Gasteiger partial charge in [0.25, 0.3) is 0 Å². The standard InChI is InChI=1S/C22H24ClN3O/c1-14-18-7-5-15-4-6-17(27-3)12-19(15)21(24-13-20(18)26-25-14)22(2)10-8-16(23)9-11-22/h4,6,8-10,12,18H,5,7,11,13H2,1-3H3. The lowest BCUT2D eigenvalue weighted by Gasteiger charge is -2.30. The molecule has 0 aromatic heterocycles.